The minimum absolute atomic E-state index is 0.0235. The number of carbonyl (C=O) groups is 2. The van der Waals surface area contributed by atoms with Crippen molar-refractivity contribution in [3.8, 4) is 0 Å². The fourth-order valence-electron chi connectivity index (χ4n) is 10.7. The van der Waals surface area contributed by atoms with Crippen LogP contribution in [0, 0.1) is 0 Å². The van der Waals surface area contributed by atoms with Crippen molar-refractivity contribution in [2.45, 2.75) is 231 Å². The summed E-state index contributed by atoms with van der Waals surface area (Å²) >= 11 is 10.0. The normalized spacial score (nSPS) is 20.6. The number of aromatic nitrogens is 6. The van der Waals surface area contributed by atoms with E-state index in [0.29, 0.717) is 37.7 Å². The van der Waals surface area contributed by atoms with Gasteiger partial charge in [-0.1, -0.05) is 102 Å². The molecule has 0 aromatic carbocycles. The Morgan fingerprint density at radius 3 is 1.35 bits per heavy atom. The van der Waals surface area contributed by atoms with Gasteiger partial charge in [-0.05, 0) is 117 Å². The third kappa shape index (κ3) is 23.6. The number of halogens is 1. The summed E-state index contributed by atoms with van der Waals surface area (Å²) in [7, 11) is -4.98. The molecule has 0 N–H and O–H groups in total. The fourth-order valence-corrected chi connectivity index (χ4v) is 16.3. The predicted octanol–water partition coefficient (Wildman–Crippen LogP) is 15.2. The van der Waals surface area contributed by atoms with Crippen LogP contribution in [0.2, 0.25) is 108 Å². The summed E-state index contributed by atoms with van der Waals surface area (Å²) in [5.74, 6) is 5.28. The van der Waals surface area contributed by atoms with Gasteiger partial charge in [0.2, 0.25) is 0 Å². The number of anilines is 2. The number of hydrogen-bond donors (Lipinski definition) is 0. The van der Waals surface area contributed by atoms with Crippen LogP contribution in [0.1, 0.15) is 87.8 Å². The average molecular weight is 1430 g/mol. The molecule has 4 aromatic rings. The number of amides is 2. The van der Waals surface area contributed by atoms with Crippen LogP contribution in [0.5, 0.6) is 0 Å². The highest BCUT2D eigenvalue weighted by Gasteiger charge is 2.54. The smallest absolute Gasteiger partial charge is 0.444 e. The Balaban J connectivity index is 0.000000209. The van der Waals surface area contributed by atoms with Crippen LogP contribution in [-0.4, -0.2) is 214 Å². The highest BCUT2D eigenvalue weighted by Crippen LogP contribution is 2.43. The van der Waals surface area contributed by atoms with Crippen LogP contribution in [0.15, 0.2) is 54.3 Å². The molecule has 4 bridgehead atoms. The zero-order valence-corrected chi connectivity index (χ0v) is 67.4. The van der Waals surface area contributed by atoms with E-state index in [2.05, 4.69) is 145 Å². The third-order valence-corrected chi connectivity index (χ3v) is 26.2. The lowest BCUT2D eigenvalue weighted by Gasteiger charge is -2.44. The van der Waals surface area contributed by atoms with Crippen molar-refractivity contribution in [3.63, 3.8) is 0 Å². The second-order valence-corrected chi connectivity index (χ2v) is 58.4. The second-order valence-electron chi connectivity index (χ2n) is 33.3. The molecule has 5 aliphatic rings. The zero-order chi connectivity index (χ0) is 69.4. The van der Waals surface area contributed by atoms with E-state index < -0.39 is 43.5 Å². The summed E-state index contributed by atoms with van der Waals surface area (Å²) in [6, 6.07) is 12.4. The highest BCUT2D eigenvalue weighted by molar-refractivity contribution is 7.99. The molecule has 9 heterocycles. The van der Waals surface area contributed by atoms with Gasteiger partial charge in [-0.2, -0.15) is 42.8 Å². The molecule has 0 aliphatic carbocycles. The summed E-state index contributed by atoms with van der Waals surface area (Å²) in [4.78, 5) is 43.1. The molecule has 4 unspecified atom stereocenters. The highest BCUT2D eigenvalue weighted by atomic mass is 35.5. The Hall–Kier alpha value is -3.46. The number of rotatable bonds is 24. The van der Waals surface area contributed by atoms with Gasteiger partial charge in [-0.3, -0.25) is 9.80 Å². The molecular formula is C66H114BClN10O10S2Si4. The molecule has 9 rings (SSSR count). The van der Waals surface area contributed by atoms with Crippen molar-refractivity contribution < 1.29 is 47.3 Å². The van der Waals surface area contributed by atoms with Gasteiger partial charge in [-0.15, -0.1) is 0 Å². The first-order valence-corrected chi connectivity index (χ1v) is 51.2. The van der Waals surface area contributed by atoms with Crippen molar-refractivity contribution in [1.82, 2.24) is 39.0 Å². The minimum Gasteiger partial charge on any atom is -0.444 e. The van der Waals surface area contributed by atoms with E-state index in [0.717, 1.165) is 120 Å². The Kier molecular flexibility index (Phi) is 26.7. The Morgan fingerprint density at radius 2 is 0.968 bits per heavy atom. The molecule has 20 nitrogen and oxygen atoms in total. The number of hydrogen-bond acceptors (Lipinski definition) is 18. The van der Waals surface area contributed by atoms with Gasteiger partial charge in [0.05, 0.1) is 41.4 Å². The number of fused-ring (bicyclic) bond motifs is 6. The SMILES string of the molecule is CC(C)(C)OC(=O)N1C2C=C(B3OC(C)(C)C(C)(C)O3)CC1CSC2.CC(C)(C)OC(=O)N1C2C=C(c3cc(N(COCC[Si](C)(C)C)COCC[Si](C)(C)C)n4nccc4n3)CC1CSC2.C[Si](C)(C)CCOCN(COCC[Si](C)(C)C)c1cc(Cl)nc2ccnn12. The van der Waals surface area contributed by atoms with E-state index in [1.165, 1.54) is 0 Å². The van der Waals surface area contributed by atoms with E-state index in [9.17, 15) is 9.59 Å². The number of carbonyl (C=O) groups excluding carboxylic acids is 2. The second kappa shape index (κ2) is 32.2. The maximum atomic E-state index is 13.1. The van der Waals surface area contributed by atoms with Gasteiger partial charge in [0.25, 0.3) is 0 Å². The van der Waals surface area contributed by atoms with Gasteiger partial charge in [0, 0.05) is 118 Å². The summed E-state index contributed by atoms with van der Waals surface area (Å²) in [6.07, 6.45) is 8.95. The monoisotopic (exact) mass is 1430 g/mol. The van der Waals surface area contributed by atoms with Crippen LogP contribution in [-0.2, 0) is 37.7 Å². The first-order valence-electron chi connectivity index (χ1n) is 33.7. The van der Waals surface area contributed by atoms with E-state index in [-0.39, 0.29) is 54.7 Å². The van der Waals surface area contributed by atoms with Gasteiger partial charge >= 0.3 is 19.3 Å². The molecule has 0 spiro atoms. The molecular weight excluding hydrogens is 1320 g/mol. The lowest BCUT2D eigenvalue weighted by Crippen LogP contribution is -2.56. The van der Waals surface area contributed by atoms with E-state index in [1.807, 2.05) is 102 Å². The Bertz CT molecular complexity index is 3150. The first kappa shape index (κ1) is 77.9. The summed E-state index contributed by atoms with van der Waals surface area (Å²) in [5, 5.41) is 9.42. The van der Waals surface area contributed by atoms with Crippen molar-refractivity contribution in [3.05, 3.63) is 65.1 Å². The number of nitrogens with zero attached hydrogens (tertiary/aromatic N) is 10. The molecule has 2 amide bonds. The third-order valence-electron chi connectivity index (χ3n) is 16.8. The summed E-state index contributed by atoms with van der Waals surface area (Å²) in [6.45, 7) is 52.7. The maximum Gasteiger partial charge on any atom is 0.490 e. The fraction of sp³-hybridized carbons (Fsp3) is 0.727. The molecule has 4 aromatic heterocycles. The van der Waals surface area contributed by atoms with Crippen LogP contribution in [0.3, 0.4) is 0 Å². The maximum absolute atomic E-state index is 13.1. The molecule has 3 fully saturated rings. The van der Waals surface area contributed by atoms with E-state index in [4.69, 9.17) is 54.3 Å². The van der Waals surface area contributed by atoms with Crippen molar-refractivity contribution in [2.75, 3.05) is 86.2 Å². The van der Waals surface area contributed by atoms with Crippen LogP contribution < -0.4 is 9.80 Å². The van der Waals surface area contributed by atoms with Crippen molar-refractivity contribution >= 4 is 115 Å². The van der Waals surface area contributed by atoms with Gasteiger partial charge in [0.1, 0.15) is 54.9 Å². The topological polar surface area (TPSA) is 181 Å². The standard InChI is InChI=1S/C30H51N5O4SSi2.C18H30BNO4S.C18H33ClN4O2Si2/c1-30(2,3)39-29(36)34-24-16-23(17-25(34)20-40-19-24)26-18-28(35-27(32-26)10-11-31-35)33(21-37-12-14-41(4,5)6)22-38-13-15-42(7,8)9;1-16(2,3)22-15(21)20-13-8-12(9-14(20)11-25-10-13)19-23-17(4,5)18(6,7)24-19;1-26(2,3)11-9-24-14-22(15-25-10-12-27(4,5)6)18-13-16(19)21-17-7-8-20-23(17)18/h10-11,16,18,24-25H,12-15,17,19-22H2,1-9H3;8,13-14H,9-11H2,1-7H3;7-8,13H,9-12,14-15H2,1-6H3. The minimum atomic E-state index is -1.21. The lowest BCUT2D eigenvalue weighted by molar-refractivity contribution is 0.00578. The zero-order valence-electron chi connectivity index (χ0n) is 61.0. The predicted molar refractivity (Wildman–Crippen MR) is 399 cm³/mol. The molecule has 94 heavy (non-hydrogen) atoms. The molecule has 0 saturated carbocycles. The van der Waals surface area contributed by atoms with Gasteiger partial charge in [-0.25, -0.2) is 19.6 Å². The lowest BCUT2D eigenvalue weighted by atomic mass is 9.72. The summed E-state index contributed by atoms with van der Waals surface area (Å²) in [5.41, 5.74) is 3.05. The van der Waals surface area contributed by atoms with E-state index in [1.54, 1.807) is 16.9 Å². The molecule has 28 heteroatoms. The van der Waals surface area contributed by atoms with Crippen LogP contribution >= 0.6 is 35.1 Å². The first-order chi connectivity index (χ1) is 43.5. The molecule has 4 atom stereocenters. The van der Waals surface area contributed by atoms with Gasteiger partial charge in [0.15, 0.2) is 11.3 Å². The molecule has 5 aliphatic heterocycles. The van der Waals surface area contributed by atoms with Crippen molar-refractivity contribution in [2.24, 2.45) is 0 Å². The molecule has 0 radical (unpaired) electrons. The van der Waals surface area contributed by atoms with E-state index >= 15 is 0 Å². The Morgan fingerprint density at radius 1 is 0.585 bits per heavy atom. The number of ether oxygens (including phenoxy) is 6. The molecule has 526 valence electrons. The summed E-state index contributed by atoms with van der Waals surface area (Å²) < 4.78 is 51.9. The largest absolute Gasteiger partial charge is 0.490 e. The number of thioether (sulfide) groups is 2. The van der Waals surface area contributed by atoms with Crippen molar-refractivity contribution in [1.29, 1.82) is 0 Å². The Labute approximate surface area is 580 Å². The molecule has 3 saturated heterocycles. The van der Waals surface area contributed by atoms with Crippen LogP contribution in [0.25, 0.3) is 16.9 Å². The van der Waals surface area contributed by atoms with Gasteiger partial charge < -0.3 is 47.5 Å². The van der Waals surface area contributed by atoms with Crippen LogP contribution in [0.4, 0.5) is 21.2 Å². The average Bonchev–Trinajstić information content (AvgIpc) is 1.42. The quantitative estimate of drug-likeness (QED) is 0.0279.